The molecular weight excluding hydrogens is 374 g/mol. The molecule has 1 N–H and O–H groups in total. The highest BCUT2D eigenvalue weighted by molar-refractivity contribution is 7.92. The number of likely N-dealkylation sites (N-methyl/N-ethyl adjacent to an activating group) is 1. The highest BCUT2D eigenvalue weighted by Crippen LogP contribution is 2.27. The maximum Gasteiger partial charge on any atom is 0.317 e. The van der Waals surface area contributed by atoms with Gasteiger partial charge >= 0.3 is 6.03 Å². The third kappa shape index (κ3) is 5.34. The van der Waals surface area contributed by atoms with Gasteiger partial charge in [-0.2, -0.15) is 0 Å². The van der Waals surface area contributed by atoms with E-state index in [1.807, 2.05) is 38.9 Å². The van der Waals surface area contributed by atoms with Crippen LogP contribution < -0.4 is 5.32 Å². The summed E-state index contributed by atoms with van der Waals surface area (Å²) < 4.78 is 26.1. The second-order valence-electron chi connectivity index (χ2n) is 6.99. The summed E-state index contributed by atoms with van der Waals surface area (Å²) in [6.07, 6.45) is 1.30. The van der Waals surface area contributed by atoms with Crippen molar-refractivity contribution in [1.29, 1.82) is 0 Å². The molecule has 6 nitrogen and oxygen atoms in total. The number of carbonyl (C=O) groups excluding carboxylic acids is 1. The van der Waals surface area contributed by atoms with Crippen LogP contribution in [0.5, 0.6) is 0 Å². The number of nitrogens with zero attached hydrogens (tertiary/aromatic N) is 2. The van der Waals surface area contributed by atoms with Crippen molar-refractivity contribution < 1.29 is 13.2 Å². The lowest BCUT2D eigenvalue weighted by Gasteiger charge is -2.33. The smallest absolute Gasteiger partial charge is 0.317 e. The van der Waals surface area contributed by atoms with Gasteiger partial charge in [-0.3, -0.25) is 0 Å². The lowest BCUT2D eigenvalue weighted by Crippen LogP contribution is -2.50. The Morgan fingerprint density at radius 2 is 2.00 bits per heavy atom. The molecule has 1 aliphatic rings. The first-order valence-corrected chi connectivity index (χ1v) is 10.3. The Bertz CT molecular complexity index is 722. The van der Waals surface area contributed by atoms with Gasteiger partial charge in [-0.25, -0.2) is 13.2 Å². The number of piperidine rings is 1. The Morgan fingerprint density at radius 1 is 1.31 bits per heavy atom. The molecule has 1 saturated heterocycles. The maximum atomic E-state index is 13.1. The summed E-state index contributed by atoms with van der Waals surface area (Å²) in [5.41, 5.74) is 1.77. The van der Waals surface area contributed by atoms with Crippen LogP contribution in [0, 0.1) is 13.8 Å². The summed E-state index contributed by atoms with van der Waals surface area (Å²) in [7, 11) is 0.443. The Labute approximate surface area is 163 Å². The second kappa shape index (κ2) is 9.58. The van der Waals surface area contributed by atoms with Gasteiger partial charge in [-0.15, -0.1) is 12.4 Å². The van der Waals surface area contributed by atoms with Crippen molar-refractivity contribution in [3.63, 3.8) is 0 Å². The first kappa shape index (κ1) is 22.7. The molecule has 2 amide bonds. The van der Waals surface area contributed by atoms with Gasteiger partial charge < -0.3 is 15.1 Å². The number of hydrogen-bond acceptors (Lipinski definition) is 4. The van der Waals surface area contributed by atoms with Gasteiger partial charge in [0.25, 0.3) is 0 Å². The van der Waals surface area contributed by atoms with E-state index in [0.29, 0.717) is 30.8 Å². The molecule has 8 heteroatoms. The fourth-order valence-electron chi connectivity index (χ4n) is 3.09. The van der Waals surface area contributed by atoms with Crippen molar-refractivity contribution in [3.8, 4) is 0 Å². The molecule has 0 bridgehead atoms. The number of carbonyl (C=O) groups is 1. The van der Waals surface area contributed by atoms with E-state index in [1.165, 1.54) is 0 Å². The van der Waals surface area contributed by atoms with Gasteiger partial charge in [-0.05, 0) is 58.0 Å². The lowest BCUT2D eigenvalue weighted by atomic mass is 10.1. The summed E-state index contributed by atoms with van der Waals surface area (Å²) in [6, 6.07) is 5.19. The topological polar surface area (TPSA) is 69.7 Å². The SMILES string of the molecule is Cc1cccc(S(=O)(=O)C2CCCN(C(=O)NCCN(C)C)C2)c1C.Cl. The minimum atomic E-state index is -3.45. The quantitative estimate of drug-likeness (QED) is 0.818. The number of halogens is 1. The summed E-state index contributed by atoms with van der Waals surface area (Å²) in [6.45, 7) is 5.92. The van der Waals surface area contributed by atoms with Crippen molar-refractivity contribution in [1.82, 2.24) is 15.1 Å². The van der Waals surface area contributed by atoms with Gasteiger partial charge in [0.1, 0.15) is 0 Å². The molecule has 0 spiro atoms. The molecule has 26 heavy (non-hydrogen) atoms. The zero-order valence-corrected chi connectivity index (χ0v) is 17.6. The van der Waals surface area contributed by atoms with E-state index in [2.05, 4.69) is 5.32 Å². The Hall–Kier alpha value is -1.31. The summed E-state index contributed by atoms with van der Waals surface area (Å²) >= 11 is 0. The van der Waals surface area contributed by atoms with E-state index < -0.39 is 15.1 Å². The van der Waals surface area contributed by atoms with Crippen molar-refractivity contribution in [2.75, 3.05) is 40.3 Å². The minimum absolute atomic E-state index is 0. The number of sulfone groups is 1. The second-order valence-corrected chi connectivity index (χ2v) is 9.19. The number of benzene rings is 1. The fourth-order valence-corrected chi connectivity index (χ4v) is 5.15. The van der Waals surface area contributed by atoms with Crippen molar-refractivity contribution in [3.05, 3.63) is 29.3 Å². The fraction of sp³-hybridized carbons (Fsp3) is 0.611. The molecule has 148 valence electrons. The van der Waals surface area contributed by atoms with Crippen LogP contribution in [0.1, 0.15) is 24.0 Å². The molecule has 1 fully saturated rings. The number of likely N-dealkylation sites (tertiary alicyclic amines) is 1. The number of urea groups is 1. The molecule has 1 aromatic rings. The van der Waals surface area contributed by atoms with E-state index in [1.54, 1.807) is 17.0 Å². The maximum absolute atomic E-state index is 13.1. The minimum Gasteiger partial charge on any atom is -0.337 e. The predicted octanol–water partition coefficient (Wildman–Crippen LogP) is 2.23. The summed E-state index contributed by atoms with van der Waals surface area (Å²) in [4.78, 5) is 16.3. The van der Waals surface area contributed by atoms with Crippen molar-refractivity contribution >= 4 is 28.3 Å². The monoisotopic (exact) mass is 403 g/mol. The standard InChI is InChI=1S/C18H29N3O3S.ClH/c1-14-7-5-9-17(15(14)2)25(23,24)16-8-6-11-21(13-16)18(22)19-10-12-20(3)4;/h5,7,9,16H,6,8,10-13H2,1-4H3,(H,19,22);1H. The van der Waals surface area contributed by atoms with Crippen LogP contribution in [0.2, 0.25) is 0 Å². The summed E-state index contributed by atoms with van der Waals surface area (Å²) in [5.74, 6) is 0. The third-order valence-corrected chi connectivity index (χ3v) is 7.12. The van der Waals surface area contributed by atoms with Crippen LogP contribution in [0.3, 0.4) is 0 Å². The lowest BCUT2D eigenvalue weighted by molar-refractivity contribution is 0.186. The van der Waals surface area contributed by atoms with Crippen LogP contribution in [0.25, 0.3) is 0 Å². The van der Waals surface area contributed by atoms with E-state index in [9.17, 15) is 13.2 Å². The Kier molecular flexibility index (Phi) is 8.37. The molecular formula is C18H30ClN3O3S. The molecule has 1 heterocycles. The van der Waals surface area contributed by atoms with Crippen LogP contribution >= 0.6 is 12.4 Å². The van der Waals surface area contributed by atoms with Crippen molar-refractivity contribution in [2.45, 2.75) is 36.8 Å². The highest BCUT2D eigenvalue weighted by Gasteiger charge is 2.34. The molecule has 1 unspecified atom stereocenters. The molecule has 0 radical (unpaired) electrons. The average molecular weight is 404 g/mol. The van der Waals surface area contributed by atoms with E-state index in [-0.39, 0.29) is 25.0 Å². The number of aryl methyl sites for hydroxylation is 1. The number of hydrogen-bond donors (Lipinski definition) is 1. The molecule has 0 aliphatic carbocycles. The Balaban J connectivity index is 0.00000338. The van der Waals surface area contributed by atoms with Gasteiger partial charge in [0.05, 0.1) is 10.1 Å². The van der Waals surface area contributed by atoms with Crippen LogP contribution in [-0.2, 0) is 9.84 Å². The molecule has 0 aromatic heterocycles. The van der Waals surface area contributed by atoms with Crippen LogP contribution in [-0.4, -0.2) is 69.8 Å². The normalized spacial score (nSPS) is 17.7. The molecule has 1 atom stereocenters. The zero-order chi connectivity index (χ0) is 18.6. The number of amides is 2. The van der Waals surface area contributed by atoms with Gasteiger partial charge in [-0.1, -0.05) is 12.1 Å². The average Bonchev–Trinajstić information content (AvgIpc) is 2.57. The largest absolute Gasteiger partial charge is 0.337 e. The molecule has 1 aliphatic heterocycles. The molecule has 1 aromatic carbocycles. The Morgan fingerprint density at radius 3 is 2.65 bits per heavy atom. The van der Waals surface area contributed by atoms with Crippen LogP contribution in [0.4, 0.5) is 4.79 Å². The van der Waals surface area contributed by atoms with Crippen LogP contribution in [0.15, 0.2) is 23.1 Å². The molecule has 0 saturated carbocycles. The highest BCUT2D eigenvalue weighted by atomic mass is 35.5. The first-order valence-electron chi connectivity index (χ1n) is 8.71. The number of rotatable bonds is 5. The summed E-state index contributed by atoms with van der Waals surface area (Å²) in [5, 5.41) is 2.33. The molecule has 2 rings (SSSR count). The van der Waals surface area contributed by atoms with Gasteiger partial charge in [0.15, 0.2) is 9.84 Å². The predicted molar refractivity (Wildman–Crippen MR) is 107 cm³/mol. The zero-order valence-electron chi connectivity index (χ0n) is 16.0. The van der Waals surface area contributed by atoms with Gasteiger partial charge in [0.2, 0.25) is 0 Å². The van der Waals surface area contributed by atoms with Crippen molar-refractivity contribution in [2.24, 2.45) is 0 Å². The van der Waals surface area contributed by atoms with E-state index in [0.717, 1.165) is 17.7 Å². The van der Waals surface area contributed by atoms with E-state index in [4.69, 9.17) is 0 Å². The third-order valence-electron chi connectivity index (χ3n) is 4.80. The number of nitrogens with one attached hydrogen (secondary N) is 1. The van der Waals surface area contributed by atoms with Gasteiger partial charge in [0, 0.05) is 26.2 Å². The van der Waals surface area contributed by atoms with E-state index >= 15 is 0 Å². The first-order chi connectivity index (χ1) is 11.7.